The van der Waals surface area contributed by atoms with Crippen molar-refractivity contribution in [3.8, 4) is 5.75 Å². The maximum absolute atomic E-state index is 6.08. The molecule has 1 saturated heterocycles. The molecule has 2 N–H and O–H groups in total. The normalized spacial score (nSPS) is 22.2. The minimum Gasteiger partial charge on any atom is -0.497 e. The third kappa shape index (κ3) is 3.61. The highest BCUT2D eigenvalue weighted by Gasteiger charge is 2.20. The second-order valence-corrected chi connectivity index (χ2v) is 5.50. The van der Waals surface area contributed by atoms with Gasteiger partial charge in [0.15, 0.2) is 0 Å². The molecule has 19 heavy (non-hydrogen) atoms. The highest BCUT2D eigenvalue weighted by Crippen LogP contribution is 2.22. The third-order valence-electron chi connectivity index (χ3n) is 3.91. The molecular weight excluding hydrogens is 238 g/mol. The van der Waals surface area contributed by atoms with Gasteiger partial charge in [0.2, 0.25) is 0 Å². The number of nitrogens with two attached hydrogens (primary N) is 1. The number of nitrogen functional groups attached to an aromatic ring is 1. The molecule has 1 aromatic rings. The van der Waals surface area contributed by atoms with Crippen LogP contribution in [-0.2, 0) is 6.54 Å². The number of methoxy groups -OCH3 is 1. The van der Waals surface area contributed by atoms with Gasteiger partial charge in [-0.05, 0) is 50.7 Å². The summed E-state index contributed by atoms with van der Waals surface area (Å²) in [6, 6.07) is 6.45. The van der Waals surface area contributed by atoms with Crippen LogP contribution in [0.5, 0.6) is 5.75 Å². The Kier molecular flexibility index (Phi) is 4.66. The van der Waals surface area contributed by atoms with Crippen molar-refractivity contribution in [2.24, 2.45) is 0 Å². The number of ether oxygens (including phenoxy) is 1. The Labute approximate surface area is 116 Å². The molecule has 1 unspecified atom stereocenters. The van der Waals surface area contributed by atoms with Crippen molar-refractivity contribution in [3.63, 3.8) is 0 Å². The van der Waals surface area contributed by atoms with Crippen LogP contribution in [0.25, 0.3) is 0 Å². The lowest BCUT2D eigenvalue weighted by molar-refractivity contribution is 0.195. The van der Waals surface area contributed by atoms with Gasteiger partial charge < -0.3 is 15.4 Å². The maximum atomic E-state index is 6.08. The lowest BCUT2D eigenvalue weighted by atomic mass is 10.1. The molecule has 1 atom stereocenters. The van der Waals surface area contributed by atoms with E-state index < -0.39 is 0 Å². The molecule has 0 saturated carbocycles. The van der Waals surface area contributed by atoms with Crippen molar-refractivity contribution < 1.29 is 4.74 Å². The van der Waals surface area contributed by atoms with Crippen LogP contribution >= 0.6 is 0 Å². The van der Waals surface area contributed by atoms with Gasteiger partial charge >= 0.3 is 0 Å². The van der Waals surface area contributed by atoms with Crippen LogP contribution < -0.4 is 10.5 Å². The van der Waals surface area contributed by atoms with Gasteiger partial charge in [0, 0.05) is 31.4 Å². The van der Waals surface area contributed by atoms with E-state index in [-0.39, 0.29) is 0 Å². The summed E-state index contributed by atoms with van der Waals surface area (Å²) in [5, 5.41) is 0. The molecule has 106 valence electrons. The summed E-state index contributed by atoms with van der Waals surface area (Å²) in [6.45, 7) is 6.61. The summed E-state index contributed by atoms with van der Waals surface area (Å²) in [4.78, 5) is 4.91. The van der Waals surface area contributed by atoms with Crippen LogP contribution in [0, 0.1) is 0 Å². The summed E-state index contributed by atoms with van der Waals surface area (Å²) in [7, 11) is 3.89. The fraction of sp³-hybridized carbons (Fsp3) is 0.600. The van der Waals surface area contributed by atoms with Crippen LogP contribution in [0.1, 0.15) is 18.9 Å². The molecular formula is C15H25N3O. The predicted octanol–water partition coefficient (Wildman–Crippen LogP) is 1.80. The highest BCUT2D eigenvalue weighted by molar-refractivity contribution is 5.50. The molecule has 1 aliphatic heterocycles. The molecule has 4 heteroatoms. The van der Waals surface area contributed by atoms with Crippen molar-refractivity contribution in [2.75, 3.05) is 39.5 Å². The number of nitrogens with zero attached hydrogens (tertiary/aromatic N) is 2. The van der Waals surface area contributed by atoms with E-state index in [9.17, 15) is 0 Å². The Bertz CT molecular complexity index is 422. The number of rotatable bonds is 3. The summed E-state index contributed by atoms with van der Waals surface area (Å²) in [5.41, 5.74) is 8.10. The first-order valence-electron chi connectivity index (χ1n) is 6.95. The van der Waals surface area contributed by atoms with Gasteiger partial charge in [0.1, 0.15) is 5.75 Å². The van der Waals surface area contributed by atoms with E-state index in [1.807, 2.05) is 12.1 Å². The largest absolute Gasteiger partial charge is 0.497 e. The highest BCUT2D eigenvalue weighted by atomic mass is 16.5. The number of hydrogen-bond acceptors (Lipinski definition) is 4. The molecule has 4 nitrogen and oxygen atoms in total. The monoisotopic (exact) mass is 263 g/mol. The Morgan fingerprint density at radius 3 is 2.89 bits per heavy atom. The molecule has 2 rings (SSSR count). The lowest BCUT2D eigenvalue weighted by Crippen LogP contribution is -2.37. The summed E-state index contributed by atoms with van der Waals surface area (Å²) in [6.07, 6.45) is 1.21. The molecule has 1 heterocycles. The van der Waals surface area contributed by atoms with Crippen molar-refractivity contribution in [1.82, 2.24) is 9.80 Å². The standard InChI is InChI=1S/C15H25N3O/c1-12-10-17(2)7-4-8-18(12)11-13-9-14(19-3)5-6-15(13)16/h5-6,9,12H,4,7-8,10-11,16H2,1-3H3. The molecule has 0 aliphatic carbocycles. The third-order valence-corrected chi connectivity index (χ3v) is 3.91. The summed E-state index contributed by atoms with van der Waals surface area (Å²) < 4.78 is 5.29. The van der Waals surface area contributed by atoms with Gasteiger partial charge in [-0.3, -0.25) is 4.90 Å². The van der Waals surface area contributed by atoms with Crippen molar-refractivity contribution in [1.29, 1.82) is 0 Å². The van der Waals surface area contributed by atoms with Crippen LogP contribution in [0.3, 0.4) is 0 Å². The lowest BCUT2D eigenvalue weighted by Gasteiger charge is -2.28. The van der Waals surface area contributed by atoms with Crippen LogP contribution in [-0.4, -0.2) is 49.6 Å². The quantitative estimate of drug-likeness (QED) is 0.844. The maximum Gasteiger partial charge on any atom is 0.119 e. The smallest absolute Gasteiger partial charge is 0.119 e. The Hall–Kier alpha value is -1.26. The molecule has 0 bridgehead atoms. The van der Waals surface area contributed by atoms with Crippen molar-refractivity contribution in [2.45, 2.75) is 25.9 Å². The SMILES string of the molecule is COc1ccc(N)c(CN2CCCN(C)CC2C)c1. The van der Waals surface area contributed by atoms with Crippen molar-refractivity contribution in [3.05, 3.63) is 23.8 Å². The first-order valence-corrected chi connectivity index (χ1v) is 6.95. The van der Waals surface area contributed by atoms with Gasteiger partial charge in [-0.25, -0.2) is 0 Å². The molecule has 1 aliphatic rings. The molecule has 1 aromatic carbocycles. The van der Waals surface area contributed by atoms with E-state index in [0.717, 1.165) is 36.6 Å². The predicted molar refractivity (Wildman–Crippen MR) is 79.4 cm³/mol. The number of benzene rings is 1. The van der Waals surface area contributed by atoms with Crippen molar-refractivity contribution >= 4 is 5.69 Å². The van der Waals surface area contributed by atoms with Crippen LogP contribution in [0.4, 0.5) is 5.69 Å². The zero-order valence-corrected chi connectivity index (χ0v) is 12.2. The number of likely N-dealkylation sites (N-methyl/N-ethyl adjacent to an activating group) is 1. The summed E-state index contributed by atoms with van der Waals surface area (Å²) >= 11 is 0. The number of anilines is 1. The van der Waals surface area contributed by atoms with Gasteiger partial charge in [-0.2, -0.15) is 0 Å². The first kappa shape index (κ1) is 14.2. The second-order valence-electron chi connectivity index (χ2n) is 5.50. The Balaban J connectivity index is 2.11. The van der Waals surface area contributed by atoms with E-state index in [0.29, 0.717) is 6.04 Å². The van der Waals surface area contributed by atoms with Crippen LogP contribution in [0.15, 0.2) is 18.2 Å². The molecule has 0 radical (unpaired) electrons. The molecule has 0 aromatic heterocycles. The van der Waals surface area contributed by atoms with Gasteiger partial charge in [0.05, 0.1) is 7.11 Å². The van der Waals surface area contributed by atoms with Crippen LogP contribution in [0.2, 0.25) is 0 Å². The molecule has 1 fully saturated rings. The van der Waals surface area contributed by atoms with E-state index in [1.54, 1.807) is 7.11 Å². The minimum atomic E-state index is 0.554. The Morgan fingerprint density at radius 2 is 2.16 bits per heavy atom. The zero-order valence-electron chi connectivity index (χ0n) is 12.2. The second kappa shape index (κ2) is 6.26. The molecule has 0 spiro atoms. The van der Waals surface area contributed by atoms with E-state index in [1.165, 1.54) is 13.0 Å². The number of hydrogen-bond donors (Lipinski definition) is 1. The molecule has 0 amide bonds. The van der Waals surface area contributed by atoms with E-state index in [4.69, 9.17) is 10.5 Å². The van der Waals surface area contributed by atoms with E-state index in [2.05, 4.69) is 29.8 Å². The van der Waals surface area contributed by atoms with Gasteiger partial charge in [-0.1, -0.05) is 0 Å². The minimum absolute atomic E-state index is 0.554. The van der Waals surface area contributed by atoms with E-state index >= 15 is 0 Å². The zero-order chi connectivity index (χ0) is 13.8. The van der Waals surface area contributed by atoms with Gasteiger partial charge in [0.25, 0.3) is 0 Å². The average molecular weight is 263 g/mol. The topological polar surface area (TPSA) is 41.7 Å². The average Bonchev–Trinajstić information content (AvgIpc) is 2.54. The summed E-state index contributed by atoms with van der Waals surface area (Å²) in [5.74, 6) is 0.879. The fourth-order valence-electron chi connectivity index (χ4n) is 2.72. The fourth-order valence-corrected chi connectivity index (χ4v) is 2.72. The Morgan fingerprint density at radius 1 is 1.37 bits per heavy atom. The van der Waals surface area contributed by atoms with Gasteiger partial charge in [-0.15, -0.1) is 0 Å². The first-order chi connectivity index (χ1) is 9.10.